The summed E-state index contributed by atoms with van der Waals surface area (Å²) in [6, 6.07) is 0.364. The van der Waals surface area contributed by atoms with E-state index in [1.54, 1.807) is 0 Å². The average molecular weight is 209 g/mol. The molecule has 15 heavy (non-hydrogen) atoms. The van der Waals surface area contributed by atoms with Crippen LogP contribution in [0.2, 0.25) is 0 Å². The number of aryl methyl sites for hydroxylation is 1. The van der Waals surface area contributed by atoms with Crippen molar-refractivity contribution < 1.29 is 4.74 Å². The fourth-order valence-corrected chi connectivity index (χ4v) is 2.36. The van der Waals surface area contributed by atoms with E-state index in [0.717, 1.165) is 13.0 Å². The molecule has 0 bridgehead atoms. The van der Waals surface area contributed by atoms with Gasteiger partial charge in [0.05, 0.1) is 18.9 Å². The Morgan fingerprint density at radius 2 is 2.47 bits per heavy atom. The van der Waals surface area contributed by atoms with Crippen LogP contribution in [0.25, 0.3) is 0 Å². The van der Waals surface area contributed by atoms with Gasteiger partial charge in [-0.05, 0) is 20.4 Å². The zero-order chi connectivity index (χ0) is 10.8. The van der Waals surface area contributed by atoms with Gasteiger partial charge in [-0.3, -0.25) is 4.68 Å². The molecule has 0 aromatic carbocycles. The molecule has 1 aromatic heterocycles. The summed E-state index contributed by atoms with van der Waals surface area (Å²) in [6.07, 6.45) is 5.52. The van der Waals surface area contributed by atoms with Gasteiger partial charge >= 0.3 is 0 Å². The molecule has 0 radical (unpaired) electrons. The molecule has 2 rings (SSSR count). The maximum Gasteiger partial charge on any atom is 0.0551 e. The first-order valence-electron chi connectivity index (χ1n) is 5.48. The van der Waals surface area contributed by atoms with E-state index in [1.807, 2.05) is 25.0 Å². The minimum absolute atomic E-state index is 0.364. The number of nitrogens with one attached hydrogen (secondary N) is 1. The second kappa shape index (κ2) is 4.33. The largest absolute Gasteiger partial charge is 0.378 e. The Labute approximate surface area is 90.6 Å². The van der Waals surface area contributed by atoms with E-state index in [1.165, 1.54) is 5.56 Å². The topological polar surface area (TPSA) is 39.1 Å². The van der Waals surface area contributed by atoms with E-state index < -0.39 is 0 Å². The lowest BCUT2D eigenvalue weighted by Crippen LogP contribution is -2.25. The van der Waals surface area contributed by atoms with Crippen LogP contribution >= 0.6 is 0 Å². The summed E-state index contributed by atoms with van der Waals surface area (Å²) >= 11 is 0. The van der Waals surface area contributed by atoms with Crippen molar-refractivity contribution in [2.75, 3.05) is 13.7 Å². The zero-order valence-electron chi connectivity index (χ0n) is 9.60. The number of aromatic nitrogens is 2. The minimum atomic E-state index is 0.364. The molecule has 0 amide bonds. The van der Waals surface area contributed by atoms with Crippen LogP contribution in [-0.4, -0.2) is 29.5 Å². The van der Waals surface area contributed by atoms with Crippen molar-refractivity contribution in [1.29, 1.82) is 0 Å². The maximum absolute atomic E-state index is 5.61. The highest BCUT2D eigenvalue weighted by atomic mass is 16.5. The highest BCUT2D eigenvalue weighted by molar-refractivity contribution is 5.12. The molecule has 0 spiro atoms. The molecule has 1 saturated heterocycles. The first-order valence-corrected chi connectivity index (χ1v) is 5.48. The smallest absolute Gasteiger partial charge is 0.0551 e. The van der Waals surface area contributed by atoms with Gasteiger partial charge in [0.15, 0.2) is 0 Å². The number of hydrogen-bond acceptors (Lipinski definition) is 3. The summed E-state index contributed by atoms with van der Waals surface area (Å²) < 4.78 is 7.46. The van der Waals surface area contributed by atoms with Gasteiger partial charge in [-0.2, -0.15) is 5.10 Å². The Kier molecular flexibility index (Phi) is 3.07. The van der Waals surface area contributed by atoms with Crippen molar-refractivity contribution in [3.05, 3.63) is 18.0 Å². The molecule has 3 atom stereocenters. The first kappa shape index (κ1) is 10.6. The lowest BCUT2D eigenvalue weighted by atomic mass is 9.93. The van der Waals surface area contributed by atoms with Gasteiger partial charge < -0.3 is 10.1 Å². The Bertz CT molecular complexity index is 323. The molecule has 1 aromatic rings. The molecular formula is C11H19N3O. The van der Waals surface area contributed by atoms with Crippen LogP contribution in [0.4, 0.5) is 0 Å². The Hall–Kier alpha value is -0.870. The quantitative estimate of drug-likeness (QED) is 0.810. The van der Waals surface area contributed by atoms with Gasteiger partial charge in [0.2, 0.25) is 0 Å². The highest BCUT2D eigenvalue weighted by Gasteiger charge is 2.30. The van der Waals surface area contributed by atoms with Crippen molar-refractivity contribution in [1.82, 2.24) is 15.1 Å². The maximum atomic E-state index is 5.61. The Morgan fingerprint density at radius 1 is 1.67 bits per heavy atom. The first-order chi connectivity index (χ1) is 7.20. The normalized spacial score (nSPS) is 28.2. The zero-order valence-corrected chi connectivity index (χ0v) is 9.60. The molecule has 1 fully saturated rings. The molecule has 0 aliphatic carbocycles. The van der Waals surface area contributed by atoms with E-state index in [0.29, 0.717) is 18.1 Å². The number of hydrogen-bond donors (Lipinski definition) is 1. The molecular weight excluding hydrogens is 190 g/mol. The van der Waals surface area contributed by atoms with Gasteiger partial charge in [0.25, 0.3) is 0 Å². The Balaban J connectivity index is 2.10. The van der Waals surface area contributed by atoms with E-state index in [9.17, 15) is 0 Å². The van der Waals surface area contributed by atoms with Crippen LogP contribution in [0.3, 0.4) is 0 Å². The molecule has 4 nitrogen and oxygen atoms in total. The molecule has 0 saturated carbocycles. The summed E-state index contributed by atoms with van der Waals surface area (Å²) in [5, 5.41) is 7.57. The van der Waals surface area contributed by atoms with Crippen molar-refractivity contribution in [2.24, 2.45) is 13.0 Å². The average Bonchev–Trinajstić information content (AvgIpc) is 2.78. The van der Waals surface area contributed by atoms with E-state index in [-0.39, 0.29) is 0 Å². The third-order valence-corrected chi connectivity index (χ3v) is 3.10. The third kappa shape index (κ3) is 2.21. The lowest BCUT2D eigenvalue weighted by Gasteiger charge is -2.20. The molecule has 1 aliphatic rings. The summed E-state index contributed by atoms with van der Waals surface area (Å²) in [7, 11) is 3.95. The standard InChI is InChI=1S/C11H19N3O/c1-8-4-9(7-15-8)11(12-2)10-5-13-14(3)6-10/h5-6,8-9,11-12H,4,7H2,1-3H3. The predicted molar refractivity (Wildman–Crippen MR) is 58.5 cm³/mol. The molecule has 3 unspecified atom stereocenters. The monoisotopic (exact) mass is 209 g/mol. The van der Waals surface area contributed by atoms with Gasteiger partial charge in [0, 0.05) is 30.8 Å². The molecule has 1 N–H and O–H groups in total. The number of nitrogens with zero attached hydrogens (tertiary/aromatic N) is 2. The molecule has 84 valence electrons. The summed E-state index contributed by atoms with van der Waals surface area (Å²) in [4.78, 5) is 0. The van der Waals surface area contributed by atoms with Gasteiger partial charge in [0.1, 0.15) is 0 Å². The highest BCUT2D eigenvalue weighted by Crippen LogP contribution is 2.30. The van der Waals surface area contributed by atoms with Crippen LogP contribution in [0.1, 0.15) is 24.9 Å². The van der Waals surface area contributed by atoms with Crippen molar-refractivity contribution in [2.45, 2.75) is 25.5 Å². The summed E-state index contributed by atoms with van der Waals surface area (Å²) in [6.45, 7) is 2.98. The van der Waals surface area contributed by atoms with Crippen LogP contribution in [-0.2, 0) is 11.8 Å². The van der Waals surface area contributed by atoms with Gasteiger partial charge in [-0.15, -0.1) is 0 Å². The minimum Gasteiger partial charge on any atom is -0.378 e. The van der Waals surface area contributed by atoms with E-state index in [4.69, 9.17) is 4.74 Å². The summed E-state index contributed by atoms with van der Waals surface area (Å²) in [5.41, 5.74) is 1.25. The number of rotatable bonds is 3. The lowest BCUT2D eigenvalue weighted by molar-refractivity contribution is 0.117. The Morgan fingerprint density at radius 3 is 2.93 bits per heavy atom. The fraction of sp³-hybridized carbons (Fsp3) is 0.727. The van der Waals surface area contributed by atoms with E-state index in [2.05, 4.69) is 23.5 Å². The van der Waals surface area contributed by atoms with Crippen LogP contribution < -0.4 is 5.32 Å². The second-order valence-electron chi connectivity index (χ2n) is 4.35. The molecule has 1 aliphatic heterocycles. The molecule has 2 heterocycles. The van der Waals surface area contributed by atoms with Crippen molar-refractivity contribution in [3.63, 3.8) is 0 Å². The van der Waals surface area contributed by atoms with Gasteiger partial charge in [-0.25, -0.2) is 0 Å². The van der Waals surface area contributed by atoms with Crippen LogP contribution in [0.5, 0.6) is 0 Å². The molecule has 4 heteroatoms. The SMILES string of the molecule is CNC(c1cnn(C)c1)C1COC(C)C1. The van der Waals surface area contributed by atoms with Crippen molar-refractivity contribution in [3.8, 4) is 0 Å². The van der Waals surface area contributed by atoms with Crippen LogP contribution in [0.15, 0.2) is 12.4 Å². The predicted octanol–water partition coefficient (Wildman–Crippen LogP) is 1.11. The number of ether oxygens (including phenoxy) is 1. The third-order valence-electron chi connectivity index (χ3n) is 3.10. The fourth-order valence-electron chi connectivity index (χ4n) is 2.36. The van der Waals surface area contributed by atoms with Crippen LogP contribution in [0, 0.1) is 5.92 Å². The van der Waals surface area contributed by atoms with E-state index >= 15 is 0 Å². The van der Waals surface area contributed by atoms with Gasteiger partial charge in [-0.1, -0.05) is 0 Å². The summed E-state index contributed by atoms with van der Waals surface area (Å²) in [5.74, 6) is 0.564. The second-order valence-corrected chi connectivity index (χ2v) is 4.35. The van der Waals surface area contributed by atoms with Crippen molar-refractivity contribution >= 4 is 0 Å².